The molecule has 0 radical (unpaired) electrons. The Kier molecular flexibility index (Phi) is 8.97. The zero-order valence-electron chi connectivity index (χ0n) is 23.4. The van der Waals surface area contributed by atoms with Gasteiger partial charge in [0.05, 0.1) is 30.9 Å². The van der Waals surface area contributed by atoms with Gasteiger partial charge in [-0.1, -0.05) is 37.1 Å². The summed E-state index contributed by atoms with van der Waals surface area (Å²) in [6, 6.07) is 17.1. The maximum atomic E-state index is 13.9. The Hall–Kier alpha value is -4.50. The van der Waals surface area contributed by atoms with Gasteiger partial charge in [0.15, 0.2) is 16.9 Å². The van der Waals surface area contributed by atoms with Crippen LogP contribution in [0.2, 0.25) is 5.02 Å². The van der Waals surface area contributed by atoms with Crippen molar-refractivity contribution >= 4 is 34.4 Å². The molecule has 218 valence electrons. The predicted octanol–water partition coefficient (Wildman–Crippen LogP) is 5.66. The lowest BCUT2D eigenvalue weighted by Crippen LogP contribution is -2.43. The van der Waals surface area contributed by atoms with E-state index in [0.29, 0.717) is 45.3 Å². The molecule has 0 bridgehead atoms. The van der Waals surface area contributed by atoms with Gasteiger partial charge in [-0.05, 0) is 60.5 Å². The van der Waals surface area contributed by atoms with Gasteiger partial charge < -0.3 is 28.4 Å². The zero-order chi connectivity index (χ0) is 29.6. The predicted molar refractivity (Wildman–Crippen MR) is 158 cm³/mol. The molecule has 2 amide bonds. The van der Waals surface area contributed by atoms with Crippen LogP contribution < -0.4 is 19.6 Å². The Morgan fingerprint density at radius 1 is 0.976 bits per heavy atom. The Morgan fingerprint density at radius 2 is 1.81 bits per heavy atom. The van der Waals surface area contributed by atoms with E-state index in [-0.39, 0.29) is 49.2 Å². The van der Waals surface area contributed by atoms with Crippen LogP contribution in [-0.4, -0.2) is 48.6 Å². The number of fused-ring (bicyclic) bond motifs is 2. The lowest BCUT2D eigenvalue weighted by atomic mass is 10.1. The van der Waals surface area contributed by atoms with Gasteiger partial charge in [-0.25, -0.2) is 0 Å². The number of benzene rings is 3. The van der Waals surface area contributed by atoms with Gasteiger partial charge in [-0.2, -0.15) is 0 Å². The van der Waals surface area contributed by atoms with Crippen LogP contribution in [0.4, 0.5) is 0 Å². The smallest absolute Gasteiger partial charge is 0.254 e. The molecule has 10 heteroatoms. The monoisotopic (exact) mass is 590 g/mol. The maximum Gasteiger partial charge on any atom is 0.254 e. The topological polar surface area (TPSA) is 98.5 Å². The highest BCUT2D eigenvalue weighted by atomic mass is 35.5. The summed E-state index contributed by atoms with van der Waals surface area (Å²) in [5, 5.41) is 0.733. The van der Waals surface area contributed by atoms with Gasteiger partial charge in [-0.3, -0.25) is 14.4 Å². The van der Waals surface area contributed by atoms with E-state index in [0.717, 1.165) is 18.4 Å². The average Bonchev–Trinajstić information content (AvgIpc) is 3.48. The van der Waals surface area contributed by atoms with Crippen LogP contribution in [0.5, 0.6) is 17.2 Å². The molecular weight excluding hydrogens is 560 g/mol. The van der Waals surface area contributed by atoms with Crippen molar-refractivity contribution in [2.75, 3.05) is 27.0 Å². The maximum absolute atomic E-state index is 13.9. The summed E-state index contributed by atoms with van der Waals surface area (Å²) < 4.78 is 21.9. The molecule has 42 heavy (non-hydrogen) atoms. The normalized spacial score (nSPS) is 11.9. The summed E-state index contributed by atoms with van der Waals surface area (Å²) in [6.45, 7) is 2.50. The number of amides is 2. The summed E-state index contributed by atoms with van der Waals surface area (Å²) in [5.74, 6) is 1.15. The van der Waals surface area contributed by atoms with Crippen molar-refractivity contribution < 1.29 is 28.2 Å². The van der Waals surface area contributed by atoms with E-state index in [1.54, 1.807) is 48.5 Å². The van der Waals surface area contributed by atoms with Gasteiger partial charge in [-0.15, -0.1) is 0 Å². The first-order valence-electron chi connectivity index (χ1n) is 13.7. The summed E-state index contributed by atoms with van der Waals surface area (Å²) in [6.07, 6.45) is 2.94. The quantitative estimate of drug-likeness (QED) is 0.222. The number of carbonyl (C=O) groups is 2. The summed E-state index contributed by atoms with van der Waals surface area (Å²) >= 11 is 6.14. The first-order chi connectivity index (χ1) is 20.4. The highest BCUT2D eigenvalue weighted by Crippen LogP contribution is 2.33. The highest BCUT2D eigenvalue weighted by Gasteiger charge is 2.25. The van der Waals surface area contributed by atoms with Crippen molar-refractivity contribution in [3.8, 4) is 17.2 Å². The molecule has 1 aromatic heterocycles. The third-order valence-corrected chi connectivity index (χ3v) is 7.28. The highest BCUT2D eigenvalue weighted by molar-refractivity contribution is 6.31. The minimum Gasteiger partial charge on any atom is -0.497 e. The molecule has 0 aliphatic carbocycles. The van der Waals surface area contributed by atoms with Crippen molar-refractivity contribution in [2.45, 2.75) is 32.9 Å². The Balaban J connectivity index is 1.45. The van der Waals surface area contributed by atoms with E-state index >= 15 is 0 Å². The van der Waals surface area contributed by atoms with E-state index < -0.39 is 0 Å². The van der Waals surface area contributed by atoms with Gasteiger partial charge in [0.25, 0.3) is 5.91 Å². The third-order valence-electron chi connectivity index (χ3n) is 7.04. The first kappa shape index (κ1) is 29.0. The lowest BCUT2D eigenvalue weighted by molar-refractivity contribution is -0.133. The number of halogens is 1. The minimum absolute atomic E-state index is 0.0347. The van der Waals surface area contributed by atoms with Crippen LogP contribution in [0.1, 0.15) is 41.3 Å². The fourth-order valence-corrected chi connectivity index (χ4v) is 4.93. The molecule has 1 aliphatic rings. The van der Waals surface area contributed by atoms with Crippen molar-refractivity contribution in [1.29, 1.82) is 0 Å². The van der Waals surface area contributed by atoms with Gasteiger partial charge in [0, 0.05) is 23.7 Å². The molecule has 2 heterocycles. The summed E-state index contributed by atoms with van der Waals surface area (Å²) in [7, 11) is 1.53. The molecule has 0 N–H and O–H groups in total. The van der Waals surface area contributed by atoms with Crippen LogP contribution in [0, 0.1) is 0 Å². The fraction of sp³-hybridized carbons (Fsp3) is 0.281. The number of unbranched alkanes of at least 4 members (excludes halogenated alkanes) is 1. The minimum atomic E-state index is -0.328. The number of nitrogens with zero attached hydrogens (tertiary/aromatic N) is 2. The molecule has 5 rings (SSSR count). The molecule has 0 saturated heterocycles. The average molecular weight is 591 g/mol. The molecule has 1 aliphatic heterocycles. The second kappa shape index (κ2) is 13.0. The first-order valence-corrected chi connectivity index (χ1v) is 14.0. The Bertz CT molecular complexity index is 1670. The van der Waals surface area contributed by atoms with Crippen LogP contribution in [-0.2, 0) is 17.9 Å². The van der Waals surface area contributed by atoms with Crippen molar-refractivity contribution in [2.24, 2.45) is 0 Å². The van der Waals surface area contributed by atoms with Crippen LogP contribution in [0.25, 0.3) is 11.0 Å². The van der Waals surface area contributed by atoms with E-state index in [1.165, 1.54) is 23.2 Å². The standard InChI is InChI=1S/C32H31ClN2O7/c1-3-4-12-34(32(38)22-6-5-7-25(14-22)39-2)18-30(36)35(16-21-8-10-28-29(13-21)42-20-41-28)17-23-19-40-27-11-9-24(33)15-26(27)31(23)37/h5-11,13-15,19H,3-4,12,16-18,20H2,1-2H3. The summed E-state index contributed by atoms with van der Waals surface area (Å²) in [4.78, 5) is 44.0. The number of hydrogen-bond donors (Lipinski definition) is 0. The second-order valence-corrected chi connectivity index (χ2v) is 10.4. The summed E-state index contributed by atoms with van der Waals surface area (Å²) in [5.41, 5.74) is 1.61. The van der Waals surface area contributed by atoms with Crippen molar-refractivity contribution in [3.05, 3.63) is 98.9 Å². The van der Waals surface area contributed by atoms with Crippen LogP contribution in [0.15, 0.2) is 76.1 Å². The zero-order valence-corrected chi connectivity index (χ0v) is 24.2. The molecule has 0 saturated carbocycles. The van der Waals surface area contributed by atoms with Gasteiger partial charge >= 0.3 is 0 Å². The van der Waals surface area contributed by atoms with Gasteiger partial charge in [0.1, 0.15) is 17.9 Å². The van der Waals surface area contributed by atoms with Crippen molar-refractivity contribution in [1.82, 2.24) is 9.80 Å². The van der Waals surface area contributed by atoms with E-state index in [2.05, 4.69) is 0 Å². The Morgan fingerprint density at radius 3 is 2.62 bits per heavy atom. The molecule has 0 spiro atoms. The molecule has 9 nitrogen and oxygen atoms in total. The van der Waals surface area contributed by atoms with Crippen molar-refractivity contribution in [3.63, 3.8) is 0 Å². The fourth-order valence-electron chi connectivity index (χ4n) is 4.75. The largest absolute Gasteiger partial charge is 0.497 e. The number of ether oxygens (including phenoxy) is 3. The molecule has 0 unspecified atom stereocenters. The SMILES string of the molecule is CCCCN(CC(=O)N(Cc1ccc2c(c1)OCO2)Cc1coc2ccc(Cl)cc2c1=O)C(=O)c1cccc(OC)c1. The molecule has 0 fully saturated rings. The molecular formula is C32H31ClN2O7. The second-order valence-electron chi connectivity index (χ2n) is 9.98. The van der Waals surface area contributed by atoms with E-state index in [1.807, 2.05) is 19.1 Å². The Labute approximate surface area is 248 Å². The van der Waals surface area contributed by atoms with Crippen LogP contribution >= 0.6 is 11.6 Å². The third kappa shape index (κ3) is 6.52. The van der Waals surface area contributed by atoms with E-state index in [4.69, 9.17) is 30.2 Å². The number of hydrogen-bond acceptors (Lipinski definition) is 7. The number of rotatable bonds is 11. The number of carbonyl (C=O) groups excluding carboxylic acids is 2. The lowest BCUT2D eigenvalue weighted by Gasteiger charge is -2.28. The van der Waals surface area contributed by atoms with Crippen LogP contribution in [0.3, 0.4) is 0 Å². The molecule has 3 aromatic carbocycles. The van der Waals surface area contributed by atoms with Gasteiger partial charge in [0.2, 0.25) is 12.7 Å². The number of methoxy groups -OCH3 is 1. The molecule has 0 atom stereocenters. The van der Waals surface area contributed by atoms with E-state index in [9.17, 15) is 14.4 Å². The molecule has 4 aromatic rings.